The number of aromatic nitrogens is 2. The molecule has 1 heterocycles. The van der Waals surface area contributed by atoms with Crippen LogP contribution in [-0.4, -0.2) is 27.1 Å². The van der Waals surface area contributed by atoms with E-state index in [1.165, 1.54) is 13.0 Å². The third-order valence-corrected chi connectivity index (χ3v) is 6.51. The van der Waals surface area contributed by atoms with E-state index in [-0.39, 0.29) is 23.4 Å². The van der Waals surface area contributed by atoms with Crippen LogP contribution in [0.1, 0.15) is 54.4 Å². The van der Waals surface area contributed by atoms with Gasteiger partial charge in [-0.1, -0.05) is 13.0 Å². The maximum Gasteiger partial charge on any atom is 0.446 e. The summed E-state index contributed by atoms with van der Waals surface area (Å²) in [6.07, 6.45) is -7.02. The highest BCUT2D eigenvalue weighted by Crippen LogP contribution is 2.55. The van der Waals surface area contributed by atoms with Crippen molar-refractivity contribution in [3.05, 3.63) is 41.2 Å². The van der Waals surface area contributed by atoms with E-state index in [1.807, 2.05) is 0 Å². The molecule has 1 N–H and O–H groups in total. The highest BCUT2D eigenvalue weighted by atomic mass is 32.2. The van der Waals surface area contributed by atoms with Gasteiger partial charge in [-0.05, 0) is 48.2 Å². The number of benzene rings is 1. The minimum atomic E-state index is -5.21. The maximum absolute atomic E-state index is 14.8. The number of amides is 1. The molecule has 4 nitrogen and oxygen atoms in total. The summed E-state index contributed by atoms with van der Waals surface area (Å²) < 4.78 is 122. The van der Waals surface area contributed by atoms with Crippen molar-refractivity contribution in [3.63, 3.8) is 0 Å². The van der Waals surface area contributed by atoms with E-state index < -0.39 is 82.7 Å². The highest BCUT2D eigenvalue weighted by Gasteiger charge is 2.57. The Balaban J connectivity index is 1.73. The number of anilines is 1. The summed E-state index contributed by atoms with van der Waals surface area (Å²) in [6.45, 7) is 0.884. The van der Waals surface area contributed by atoms with E-state index in [1.54, 1.807) is 0 Å². The smallest absolute Gasteiger partial charge is 0.321 e. The van der Waals surface area contributed by atoms with Crippen LogP contribution in [0.3, 0.4) is 0 Å². The number of thioether (sulfide) groups is 1. The maximum atomic E-state index is 14.8. The second-order valence-corrected chi connectivity index (χ2v) is 10.4. The van der Waals surface area contributed by atoms with Crippen LogP contribution in [0.4, 0.5) is 45.2 Å². The minimum absolute atomic E-state index is 0.241. The van der Waals surface area contributed by atoms with E-state index in [0.717, 1.165) is 18.2 Å². The molecule has 0 aliphatic heterocycles. The Labute approximate surface area is 197 Å². The first-order valence-electron chi connectivity index (χ1n) is 10.3. The molecule has 192 valence electrons. The predicted molar refractivity (Wildman–Crippen MR) is 108 cm³/mol. The number of nitrogens with one attached hydrogen (secondary N) is 1. The molecule has 0 radical (unpaired) electrons. The first kappa shape index (κ1) is 25.7. The van der Waals surface area contributed by atoms with Crippen molar-refractivity contribution in [2.45, 2.75) is 67.3 Å². The molecule has 4 rings (SSSR count). The lowest BCUT2D eigenvalue weighted by Gasteiger charge is -2.44. The molecule has 2 aliphatic rings. The minimum Gasteiger partial charge on any atom is -0.321 e. The van der Waals surface area contributed by atoms with Crippen molar-refractivity contribution in [2.75, 3.05) is 5.32 Å². The van der Waals surface area contributed by atoms with Gasteiger partial charge in [0, 0.05) is 30.0 Å². The molecule has 2 aliphatic carbocycles. The molecular weight excluding hydrogens is 513 g/mol. The molecule has 0 atom stereocenters. The first-order chi connectivity index (χ1) is 15.9. The number of carbonyl (C=O) groups is 1. The SMILES string of the molecule is CC1(Cn2nc(C3(F)CC3)c(C(F)(F)F)c2C(=O)Nc2cccc(SC(F)(F)F)c2)CC(F)(F)C1. The zero-order chi connectivity index (χ0) is 26.0. The van der Waals surface area contributed by atoms with Gasteiger partial charge in [0.2, 0.25) is 5.92 Å². The Morgan fingerprint density at radius 2 is 1.74 bits per heavy atom. The van der Waals surface area contributed by atoms with Crippen molar-refractivity contribution in [3.8, 4) is 0 Å². The van der Waals surface area contributed by atoms with E-state index in [0.29, 0.717) is 4.68 Å². The molecular formula is C21H18F9N3OS. The summed E-state index contributed by atoms with van der Waals surface area (Å²) in [6, 6.07) is 4.33. The van der Waals surface area contributed by atoms with Crippen molar-refractivity contribution in [1.29, 1.82) is 0 Å². The average molecular weight is 531 g/mol. The molecule has 0 bridgehead atoms. The van der Waals surface area contributed by atoms with Gasteiger partial charge in [0.25, 0.3) is 5.91 Å². The fourth-order valence-electron chi connectivity index (χ4n) is 4.37. The Hall–Kier alpha value is -2.38. The van der Waals surface area contributed by atoms with Gasteiger partial charge >= 0.3 is 11.7 Å². The van der Waals surface area contributed by atoms with Crippen LogP contribution < -0.4 is 5.32 Å². The third kappa shape index (κ3) is 5.56. The number of carbonyl (C=O) groups excluding carboxylic acids is 1. The lowest BCUT2D eigenvalue weighted by Crippen LogP contribution is -2.47. The van der Waals surface area contributed by atoms with Crippen LogP contribution in [0.5, 0.6) is 0 Å². The number of halogens is 9. The van der Waals surface area contributed by atoms with Gasteiger partial charge in [0.05, 0.1) is 0 Å². The molecule has 1 aromatic heterocycles. The fraction of sp³-hybridized carbons (Fsp3) is 0.524. The van der Waals surface area contributed by atoms with Crippen molar-refractivity contribution in [1.82, 2.24) is 9.78 Å². The molecule has 35 heavy (non-hydrogen) atoms. The van der Waals surface area contributed by atoms with Gasteiger partial charge in [-0.2, -0.15) is 31.4 Å². The molecule has 0 spiro atoms. The predicted octanol–water partition coefficient (Wildman–Crippen LogP) is 7.16. The molecule has 0 saturated heterocycles. The van der Waals surface area contributed by atoms with Gasteiger partial charge < -0.3 is 5.32 Å². The quantitative estimate of drug-likeness (QED) is 0.318. The Morgan fingerprint density at radius 1 is 1.11 bits per heavy atom. The average Bonchev–Trinajstić information content (AvgIpc) is 3.26. The van der Waals surface area contributed by atoms with Crippen LogP contribution in [0.15, 0.2) is 29.2 Å². The van der Waals surface area contributed by atoms with Crippen LogP contribution in [0, 0.1) is 5.41 Å². The third-order valence-electron chi connectivity index (χ3n) is 5.79. The lowest BCUT2D eigenvalue weighted by molar-refractivity contribution is -0.160. The Morgan fingerprint density at radius 3 is 2.26 bits per heavy atom. The molecule has 2 aromatic rings. The van der Waals surface area contributed by atoms with Crippen LogP contribution in [-0.2, 0) is 18.4 Å². The van der Waals surface area contributed by atoms with Gasteiger partial charge in [-0.3, -0.25) is 9.48 Å². The number of rotatable bonds is 6. The first-order valence-corrected chi connectivity index (χ1v) is 11.1. The van der Waals surface area contributed by atoms with Crippen molar-refractivity contribution >= 4 is 23.4 Å². The summed E-state index contributed by atoms with van der Waals surface area (Å²) >= 11 is -0.487. The summed E-state index contributed by atoms with van der Waals surface area (Å²) in [5, 5.41) is 5.83. The lowest BCUT2D eigenvalue weighted by atomic mass is 9.67. The van der Waals surface area contributed by atoms with E-state index in [9.17, 15) is 44.3 Å². The number of hydrogen-bond acceptors (Lipinski definition) is 3. The molecule has 2 saturated carbocycles. The summed E-state index contributed by atoms with van der Waals surface area (Å²) in [5.74, 6) is -4.42. The fourth-order valence-corrected chi connectivity index (χ4v) is 4.97. The molecule has 2 fully saturated rings. The van der Waals surface area contributed by atoms with Gasteiger partial charge in [-0.25, -0.2) is 13.2 Å². The molecule has 1 amide bonds. The normalized spacial score (nSPS) is 20.3. The monoisotopic (exact) mass is 531 g/mol. The van der Waals surface area contributed by atoms with Crippen LogP contribution >= 0.6 is 11.8 Å². The zero-order valence-corrected chi connectivity index (χ0v) is 18.8. The number of hydrogen-bond donors (Lipinski definition) is 1. The van der Waals surface area contributed by atoms with Crippen LogP contribution in [0.25, 0.3) is 0 Å². The summed E-state index contributed by atoms with van der Waals surface area (Å²) in [4.78, 5) is 12.7. The second kappa shape index (κ2) is 8.07. The van der Waals surface area contributed by atoms with E-state index in [4.69, 9.17) is 0 Å². The van der Waals surface area contributed by atoms with E-state index in [2.05, 4.69) is 10.4 Å². The molecule has 14 heteroatoms. The van der Waals surface area contributed by atoms with Crippen LogP contribution in [0.2, 0.25) is 0 Å². The molecule has 0 unspecified atom stereocenters. The topological polar surface area (TPSA) is 46.9 Å². The van der Waals surface area contributed by atoms with Gasteiger partial charge in [0.1, 0.15) is 17.0 Å². The Bertz CT molecular complexity index is 1140. The summed E-state index contributed by atoms with van der Waals surface area (Å²) in [5.41, 5.74) is -12.2. The largest absolute Gasteiger partial charge is 0.446 e. The van der Waals surface area contributed by atoms with Crippen molar-refractivity contribution < 1.29 is 44.3 Å². The molecule has 1 aromatic carbocycles. The van der Waals surface area contributed by atoms with Crippen molar-refractivity contribution in [2.24, 2.45) is 5.41 Å². The summed E-state index contributed by atoms with van der Waals surface area (Å²) in [7, 11) is 0. The zero-order valence-electron chi connectivity index (χ0n) is 18.0. The number of nitrogens with zero attached hydrogens (tertiary/aromatic N) is 2. The highest BCUT2D eigenvalue weighted by molar-refractivity contribution is 8.00. The number of alkyl halides is 9. The Kier molecular flexibility index (Phi) is 5.93. The van der Waals surface area contributed by atoms with Gasteiger partial charge in [-0.15, -0.1) is 0 Å². The second-order valence-electron chi connectivity index (χ2n) is 9.24. The standard InChI is InChI=1S/C21H18F9N3OS/c1-17(8-19(23,24)9-17)10-33-14(13(20(25,26)27)15(32-33)18(22)5-6-18)16(34)31-11-3-2-4-12(7-11)35-21(28,29)30/h2-4,7H,5-6,8-10H2,1H3,(H,31,34). The van der Waals surface area contributed by atoms with E-state index >= 15 is 0 Å². The van der Waals surface area contributed by atoms with Gasteiger partial charge in [0.15, 0.2) is 5.67 Å².